The lowest BCUT2D eigenvalue weighted by Gasteiger charge is -2.31. The molecule has 1 aliphatic rings. The molecule has 0 radical (unpaired) electrons. The van der Waals surface area contributed by atoms with E-state index in [4.69, 9.17) is 4.52 Å². The zero-order valence-corrected chi connectivity index (χ0v) is 14.1. The standard InChI is InChI=1S/C16H22N4O2S/c1-20(12-7-9-17-10-8-12)15(21)6-2-5-14-18-16(19-22-14)13-4-3-11-23-13/h3-4,11-12,17H,2,5-10H2,1H3. The molecule has 1 N–H and O–H groups in total. The number of hydrogen-bond donors (Lipinski definition) is 1. The van der Waals surface area contributed by atoms with Crippen molar-refractivity contribution in [2.75, 3.05) is 20.1 Å². The van der Waals surface area contributed by atoms with Gasteiger partial charge in [-0.3, -0.25) is 4.79 Å². The van der Waals surface area contributed by atoms with Gasteiger partial charge in [0, 0.05) is 25.9 Å². The van der Waals surface area contributed by atoms with E-state index in [0.717, 1.165) is 37.2 Å². The molecular formula is C16H22N4O2S. The molecular weight excluding hydrogens is 312 g/mol. The van der Waals surface area contributed by atoms with Crippen molar-refractivity contribution in [1.82, 2.24) is 20.4 Å². The van der Waals surface area contributed by atoms with Gasteiger partial charge in [0.15, 0.2) is 0 Å². The van der Waals surface area contributed by atoms with E-state index in [1.165, 1.54) is 0 Å². The SMILES string of the molecule is CN(C(=O)CCCc1nc(-c2cccs2)no1)C1CCNCC1. The third-order valence-electron chi connectivity index (χ3n) is 4.24. The molecule has 0 atom stereocenters. The fraction of sp³-hybridized carbons (Fsp3) is 0.562. The summed E-state index contributed by atoms with van der Waals surface area (Å²) in [7, 11) is 1.92. The maximum Gasteiger partial charge on any atom is 0.226 e. The van der Waals surface area contributed by atoms with Gasteiger partial charge in [0.25, 0.3) is 0 Å². The second-order valence-electron chi connectivity index (χ2n) is 5.83. The van der Waals surface area contributed by atoms with Crippen molar-refractivity contribution in [3.05, 3.63) is 23.4 Å². The molecule has 1 aliphatic heterocycles. The predicted octanol–water partition coefficient (Wildman–Crippen LogP) is 2.33. The Morgan fingerprint density at radius 2 is 2.30 bits per heavy atom. The Morgan fingerprint density at radius 1 is 1.48 bits per heavy atom. The molecule has 0 unspecified atom stereocenters. The van der Waals surface area contributed by atoms with Crippen molar-refractivity contribution in [2.24, 2.45) is 0 Å². The highest BCUT2D eigenvalue weighted by Crippen LogP contribution is 2.21. The Labute approximate surface area is 139 Å². The molecule has 1 amide bonds. The largest absolute Gasteiger partial charge is 0.343 e. The summed E-state index contributed by atoms with van der Waals surface area (Å²) in [6.45, 7) is 1.99. The van der Waals surface area contributed by atoms with Gasteiger partial charge in [0.2, 0.25) is 17.6 Å². The van der Waals surface area contributed by atoms with Crippen molar-refractivity contribution in [3.8, 4) is 10.7 Å². The van der Waals surface area contributed by atoms with E-state index in [0.29, 0.717) is 30.6 Å². The smallest absolute Gasteiger partial charge is 0.226 e. The van der Waals surface area contributed by atoms with Crippen LogP contribution in [0.15, 0.2) is 22.0 Å². The summed E-state index contributed by atoms with van der Waals surface area (Å²) in [5.74, 6) is 1.44. The van der Waals surface area contributed by atoms with Crippen LogP contribution in [0.5, 0.6) is 0 Å². The molecule has 3 rings (SSSR count). The first-order valence-corrected chi connectivity index (χ1v) is 8.95. The van der Waals surface area contributed by atoms with Crippen LogP contribution in [0.1, 0.15) is 31.6 Å². The number of carbonyl (C=O) groups is 1. The van der Waals surface area contributed by atoms with Crippen molar-refractivity contribution in [2.45, 2.75) is 38.1 Å². The molecule has 1 saturated heterocycles. The first kappa shape index (κ1) is 16.1. The topological polar surface area (TPSA) is 71.3 Å². The van der Waals surface area contributed by atoms with E-state index in [9.17, 15) is 4.79 Å². The fourth-order valence-corrected chi connectivity index (χ4v) is 3.48. The summed E-state index contributed by atoms with van der Waals surface area (Å²) in [6.07, 6.45) is 3.98. The van der Waals surface area contributed by atoms with E-state index < -0.39 is 0 Å². The van der Waals surface area contributed by atoms with Crippen molar-refractivity contribution in [3.63, 3.8) is 0 Å². The number of aryl methyl sites for hydroxylation is 1. The van der Waals surface area contributed by atoms with Crippen molar-refractivity contribution < 1.29 is 9.32 Å². The lowest BCUT2D eigenvalue weighted by atomic mass is 10.0. The van der Waals surface area contributed by atoms with Crippen LogP contribution in [0, 0.1) is 0 Å². The summed E-state index contributed by atoms with van der Waals surface area (Å²) < 4.78 is 5.26. The number of carbonyl (C=O) groups excluding carboxylic acids is 1. The lowest BCUT2D eigenvalue weighted by molar-refractivity contribution is -0.132. The highest BCUT2D eigenvalue weighted by Gasteiger charge is 2.21. The number of aromatic nitrogens is 2. The van der Waals surface area contributed by atoms with Crippen molar-refractivity contribution >= 4 is 17.2 Å². The normalized spacial score (nSPS) is 15.7. The highest BCUT2D eigenvalue weighted by atomic mass is 32.1. The Bertz CT molecular complexity index is 620. The molecule has 2 aromatic rings. The lowest BCUT2D eigenvalue weighted by Crippen LogP contribution is -2.43. The Morgan fingerprint density at radius 3 is 3.04 bits per heavy atom. The van der Waals surface area contributed by atoms with Crippen LogP contribution in [0.3, 0.4) is 0 Å². The average molecular weight is 334 g/mol. The van der Waals surface area contributed by atoms with Gasteiger partial charge in [-0.1, -0.05) is 11.2 Å². The van der Waals surface area contributed by atoms with Crippen LogP contribution in [0.25, 0.3) is 10.7 Å². The van der Waals surface area contributed by atoms with Gasteiger partial charge in [-0.05, 0) is 43.8 Å². The first-order chi connectivity index (χ1) is 11.2. The summed E-state index contributed by atoms with van der Waals surface area (Å²) in [6, 6.07) is 4.31. The van der Waals surface area contributed by atoms with Crippen LogP contribution < -0.4 is 5.32 Å². The summed E-state index contributed by atoms with van der Waals surface area (Å²) in [4.78, 5) is 19.6. The third kappa shape index (κ3) is 4.17. The van der Waals surface area contributed by atoms with E-state index in [-0.39, 0.29) is 5.91 Å². The molecule has 0 aliphatic carbocycles. The van der Waals surface area contributed by atoms with Crippen LogP contribution in [-0.4, -0.2) is 47.1 Å². The number of piperidine rings is 1. The molecule has 2 aromatic heterocycles. The molecule has 3 heterocycles. The summed E-state index contributed by atoms with van der Waals surface area (Å²) in [5.41, 5.74) is 0. The molecule has 0 saturated carbocycles. The quantitative estimate of drug-likeness (QED) is 0.878. The summed E-state index contributed by atoms with van der Waals surface area (Å²) in [5, 5.41) is 9.30. The zero-order chi connectivity index (χ0) is 16.1. The van der Waals surface area contributed by atoms with Gasteiger partial charge >= 0.3 is 0 Å². The maximum atomic E-state index is 12.3. The van der Waals surface area contributed by atoms with Gasteiger partial charge in [0.05, 0.1) is 4.88 Å². The minimum Gasteiger partial charge on any atom is -0.343 e. The molecule has 124 valence electrons. The van der Waals surface area contributed by atoms with Crippen LogP contribution in [-0.2, 0) is 11.2 Å². The molecule has 6 nitrogen and oxygen atoms in total. The number of hydrogen-bond acceptors (Lipinski definition) is 6. The second kappa shape index (κ2) is 7.70. The number of nitrogens with zero attached hydrogens (tertiary/aromatic N) is 3. The second-order valence-corrected chi connectivity index (χ2v) is 6.78. The number of nitrogens with one attached hydrogen (secondary N) is 1. The minimum atomic E-state index is 0.204. The number of thiophene rings is 1. The monoisotopic (exact) mass is 334 g/mol. The molecule has 0 spiro atoms. The van der Waals surface area contributed by atoms with E-state index in [1.807, 2.05) is 29.5 Å². The molecule has 0 aromatic carbocycles. The van der Waals surface area contributed by atoms with Gasteiger partial charge in [-0.25, -0.2) is 0 Å². The van der Waals surface area contributed by atoms with Crippen molar-refractivity contribution in [1.29, 1.82) is 0 Å². The Balaban J connectivity index is 1.44. The third-order valence-corrected chi connectivity index (χ3v) is 5.11. The molecule has 7 heteroatoms. The van der Waals surface area contributed by atoms with Gasteiger partial charge < -0.3 is 14.7 Å². The minimum absolute atomic E-state index is 0.204. The Kier molecular flexibility index (Phi) is 5.40. The number of amides is 1. The molecule has 1 fully saturated rings. The number of rotatable bonds is 6. The van der Waals surface area contributed by atoms with Gasteiger partial charge in [0.1, 0.15) is 0 Å². The van der Waals surface area contributed by atoms with Gasteiger partial charge in [-0.2, -0.15) is 4.98 Å². The predicted molar refractivity (Wildman–Crippen MR) is 89.2 cm³/mol. The maximum absolute atomic E-state index is 12.3. The highest BCUT2D eigenvalue weighted by molar-refractivity contribution is 7.13. The van der Waals surface area contributed by atoms with Crippen LogP contribution >= 0.6 is 11.3 Å². The summed E-state index contributed by atoms with van der Waals surface area (Å²) >= 11 is 1.59. The molecule has 0 bridgehead atoms. The first-order valence-electron chi connectivity index (χ1n) is 8.07. The average Bonchev–Trinajstić information content (AvgIpc) is 3.26. The van der Waals surface area contributed by atoms with Crippen LogP contribution in [0.2, 0.25) is 0 Å². The van der Waals surface area contributed by atoms with Gasteiger partial charge in [-0.15, -0.1) is 11.3 Å². The fourth-order valence-electron chi connectivity index (χ4n) is 2.83. The Hall–Kier alpha value is -1.73. The van der Waals surface area contributed by atoms with E-state index in [2.05, 4.69) is 15.5 Å². The van der Waals surface area contributed by atoms with E-state index in [1.54, 1.807) is 11.3 Å². The molecule has 23 heavy (non-hydrogen) atoms. The zero-order valence-electron chi connectivity index (χ0n) is 13.3. The van der Waals surface area contributed by atoms with Crippen LogP contribution in [0.4, 0.5) is 0 Å². The van der Waals surface area contributed by atoms with E-state index >= 15 is 0 Å².